The van der Waals surface area contributed by atoms with Crippen molar-refractivity contribution >= 4 is 11.8 Å². The molecule has 17 heavy (non-hydrogen) atoms. The Morgan fingerprint density at radius 1 is 1.47 bits per heavy atom. The summed E-state index contributed by atoms with van der Waals surface area (Å²) in [6.07, 6.45) is 2.94. The maximum absolute atomic E-state index is 12.0. The van der Waals surface area contributed by atoms with Crippen molar-refractivity contribution < 1.29 is 0 Å². The van der Waals surface area contributed by atoms with Crippen LogP contribution in [0.1, 0.15) is 29.5 Å². The number of aryl methyl sites for hydroxylation is 1. The molecule has 1 N–H and O–H groups in total. The lowest BCUT2D eigenvalue weighted by atomic mass is 10.2. The van der Waals surface area contributed by atoms with Crippen molar-refractivity contribution in [2.24, 2.45) is 0 Å². The maximum atomic E-state index is 12.0. The lowest BCUT2D eigenvalue weighted by molar-refractivity contribution is 0.263. The second-order valence-corrected chi connectivity index (χ2v) is 5.95. The largest absolute Gasteiger partial charge is 0.309 e. The van der Waals surface area contributed by atoms with Gasteiger partial charge in [-0.2, -0.15) is 11.8 Å². The lowest BCUT2D eigenvalue weighted by Gasteiger charge is -2.31. The first-order chi connectivity index (χ1) is 8.25. The highest BCUT2D eigenvalue weighted by molar-refractivity contribution is 7.99. The van der Waals surface area contributed by atoms with Crippen LogP contribution in [0.3, 0.4) is 0 Å². The third kappa shape index (κ3) is 2.02. The fourth-order valence-electron chi connectivity index (χ4n) is 2.59. The summed E-state index contributed by atoms with van der Waals surface area (Å²) in [4.78, 5) is 21.9. The summed E-state index contributed by atoms with van der Waals surface area (Å²) in [5.41, 5.74) is 2.04. The van der Waals surface area contributed by atoms with E-state index in [1.165, 1.54) is 5.75 Å². The minimum atomic E-state index is 0.0893. The normalized spacial score (nSPS) is 24.9. The third-order valence-electron chi connectivity index (χ3n) is 3.67. The highest BCUT2D eigenvalue weighted by Crippen LogP contribution is 2.26. The Morgan fingerprint density at radius 3 is 3.18 bits per heavy atom. The summed E-state index contributed by atoms with van der Waals surface area (Å²) >= 11 is 1.94. The molecule has 1 unspecified atom stereocenters. The van der Waals surface area contributed by atoms with Gasteiger partial charge in [-0.15, -0.1) is 0 Å². The zero-order valence-corrected chi connectivity index (χ0v) is 10.8. The molecule has 1 saturated heterocycles. The van der Waals surface area contributed by atoms with Gasteiger partial charge in [-0.3, -0.25) is 9.69 Å². The van der Waals surface area contributed by atoms with Crippen LogP contribution in [-0.2, 0) is 12.8 Å². The number of fused-ring (bicyclic) bond motifs is 1. The molecule has 1 atom stereocenters. The molecule has 1 aliphatic heterocycles. The summed E-state index contributed by atoms with van der Waals surface area (Å²) in [5, 5.41) is 0. The number of H-pyrrole nitrogens is 1. The predicted octanol–water partition coefficient (Wildman–Crippen LogP) is 0.978. The molecular weight excluding hydrogens is 234 g/mol. The fraction of sp³-hybridized carbons (Fsp3) is 0.667. The van der Waals surface area contributed by atoms with Crippen LogP contribution in [-0.4, -0.2) is 40.0 Å². The van der Waals surface area contributed by atoms with Crippen LogP contribution in [0.2, 0.25) is 0 Å². The molecule has 1 aromatic rings. The molecule has 0 radical (unpaired) electrons. The van der Waals surface area contributed by atoms with Crippen LogP contribution >= 0.6 is 11.8 Å². The second kappa shape index (κ2) is 4.46. The fourth-order valence-corrected chi connectivity index (χ4v) is 3.81. The Labute approximate surface area is 105 Å². The number of rotatable bonds is 1. The van der Waals surface area contributed by atoms with E-state index in [-0.39, 0.29) is 11.6 Å². The molecule has 0 spiro atoms. The minimum Gasteiger partial charge on any atom is -0.309 e. The standard InChI is InChI=1S/C12H17N3OS/c1-15-5-6-17-7-10(15)11-13-9-4-2-3-8(9)12(16)14-11/h10H,2-7H2,1H3,(H,13,14,16). The first kappa shape index (κ1) is 11.3. The van der Waals surface area contributed by atoms with Gasteiger partial charge in [0.25, 0.3) is 5.56 Å². The Hall–Kier alpha value is -0.810. The van der Waals surface area contributed by atoms with E-state index < -0.39 is 0 Å². The van der Waals surface area contributed by atoms with E-state index in [9.17, 15) is 4.79 Å². The third-order valence-corrected chi connectivity index (χ3v) is 4.69. The van der Waals surface area contributed by atoms with Crippen molar-refractivity contribution in [3.8, 4) is 0 Å². The maximum Gasteiger partial charge on any atom is 0.254 e. The summed E-state index contributed by atoms with van der Waals surface area (Å²) in [6, 6.07) is 0.271. The molecule has 2 heterocycles. The van der Waals surface area contributed by atoms with Gasteiger partial charge < -0.3 is 4.98 Å². The molecular formula is C12H17N3OS. The van der Waals surface area contributed by atoms with Gasteiger partial charge in [0.15, 0.2) is 0 Å². The van der Waals surface area contributed by atoms with E-state index >= 15 is 0 Å². The molecule has 1 aliphatic carbocycles. The van der Waals surface area contributed by atoms with Crippen LogP contribution < -0.4 is 5.56 Å². The Bertz CT molecular complexity index is 485. The number of nitrogens with zero attached hydrogens (tertiary/aromatic N) is 2. The molecule has 0 aromatic carbocycles. The smallest absolute Gasteiger partial charge is 0.254 e. The molecule has 2 aliphatic rings. The Morgan fingerprint density at radius 2 is 2.35 bits per heavy atom. The highest BCUT2D eigenvalue weighted by Gasteiger charge is 2.25. The first-order valence-electron chi connectivity index (χ1n) is 6.15. The van der Waals surface area contributed by atoms with Crippen molar-refractivity contribution in [3.05, 3.63) is 27.4 Å². The number of hydrogen-bond donors (Lipinski definition) is 1. The number of nitrogens with one attached hydrogen (secondary N) is 1. The van der Waals surface area contributed by atoms with Crippen LogP contribution in [0.25, 0.3) is 0 Å². The van der Waals surface area contributed by atoms with E-state index in [0.29, 0.717) is 0 Å². The van der Waals surface area contributed by atoms with Gasteiger partial charge in [-0.05, 0) is 26.3 Å². The molecule has 5 heteroatoms. The first-order valence-corrected chi connectivity index (χ1v) is 7.31. The van der Waals surface area contributed by atoms with Crippen molar-refractivity contribution in [1.82, 2.24) is 14.9 Å². The van der Waals surface area contributed by atoms with Crippen molar-refractivity contribution in [3.63, 3.8) is 0 Å². The molecule has 0 saturated carbocycles. The molecule has 92 valence electrons. The van der Waals surface area contributed by atoms with Crippen molar-refractivity contribution in [2.45, 2.75) is 25.3 Å². The van der Waals surface area contributed by atoms with Gasteiger partial charge in [0.1, 0.15) is 5.82 Å². The monoisotopic (exact) mass is 251 g/mol. The summed E-state index contributed by atoms with van der Waals surface area (Å²) in [5.74, 6) is 3.06. The van der Waals surface area contributed by atoms with Gasteiger partial charge in [0, 0.05) is 23.6 Å². The van der Waals surface area contributed by atoms with Crippen LogP contribution in [0.5, 0.6) is 0 Å². The molecule has 4 nitrogen and oxygen atoms in total. The van der Waals surface area contributed by atoms with Gasteiger partial charge in [-0.25, -0.2) is 4.98 Å². The average molecular weight is 251 g/mol. The average Bonchev–Trinajstić information content (AvgIpc) is 2.78. The van der Waals surface area contributed by atoms with Crippen LogP contribution in [0.15, 0.2) is 4.79 Å². The topological polar surface area (TPSA) is 49.0 Å². The second-order valence-electron chi connectivity index (χ2n) is 4.80. The zero-order valence-electron chi connectivity index (χ0n) is 10.0. The van der Waals surface area contributed by atoms with E-state index in [1.807, 2.05) is 11.8 Å². The molecule has 1 fully saturated rings. The quantitative estimate of drug-likeness (QED) is 0.808. The summed E-state index contributed by atoms with van der Waals surface area (Å²) in [7, 11) is 2.11. The molecule has 3 rings (SSSR count). The molecule has 0 amide bonds. The van der Waals surface area contributed by atoms with Crippen LogP contribution in [0.4, 0.5) is 0 Å². The number of thioether (sulfide) groups is 1. The number of hydrogen-bond acceptors (Lipinski definition) is 4. The minimum absolute atomic E-state index is 0.0893. The van der Waals surface area contributed by atoms with Crippen LogP contribution in [0, 0.1) is 0 Å². The summed E-state index contributed by atoms with van der Waals surface area (Å²) in [6.45, 7) is 1.07. The van der Waals surface area contributed by atoms with E-state index in [1.54, 1.807) is 0 Å². The van der Waals surface area contributed by atoms with Gasteiger partial charge in [-0.1, -0.05) is 0 Å². The molecule has 0 bridgehead atoms. The zero-order chi connectivity index (χ0) is 11.8. The van der Waals surface area contributed by atoms with E-state index in [0.717, 1.165) is 48.6 Å². The SMILES string of the molecule is CN1CCSCC1c1nc2c(c(=O)[nH]1)CCC2. The van der Waals surface area contributed by atoms with Gasteiger partial charge in [0.05, 0.1) is 11.7 Å². The van der Waals surface area contributed by atoms with Crippen molar-refractivity contribution in [2.75, 3.05) is 25.1 Å². The van der Waals surface area contributed by atoms with Crippen molar-refractivity contribution in [1.29, 1.82) is 0 Å². The predicted molar refractivity (Wildman–Crippen MR) is 69.6 cm³/mol. The Balaban J connectivity index is 1.98. The molecule has 1 aromatic heterocycles. The lowest BCUT2D eigenvalue weighted by Crippen LogP contribution is -2.35. The summed E-state index contributed by atoms with van der Waals surface area (Å²) < 4.78 is 0. The van der Waals surface area contributed by atoms with E-state index in [4.69, 9.17) is 0 Å². The van der Waals surface area contributed by atoms with Gasteiger partial charge >= 0.3 is 0 Å². The van der Waals surface area contributed by atoms with Gasteiger partial charge in [0.2, 0.25) is 0 Å². The Kier molecular flexibility index (Phi) is 2.96. The van der Waals surface area contributed by atoms with E-state index in [2.05, 4.69) is 21.9 Å². The highest BCUT2D eigenvalue weighted by atomic mass is 32.2. The number of aromatic amines is 1. The number of aromatic nitrogens is 2.